The summed E-state index contributed by atoms with van der Waals surface area (Å²) < 4.78 is 5.18. The quantitative estimate of drug-likeness (QED) is 0.452. The number of halogens is 1. The molecule has 0 radical (unpaired) electrons. The van der Waals surface area contributed by atoms with Gasteiger partial charge in [-0.25, -0.2) is 4.79 Å². The third-order valence-corrected chi connectivity index (χ3v) is 4.50. The van der Waals surface area contributed by atoms with E-state index in [4.69, 9.17) is 16.3 Å². The van der Waals surface area contributed by atoms with Crippen LogP contribution in [0.2, 0.25) is 5.02 Å². The second kappa shape index (κ2) is 12.0. The molecule has 0 saturated carbocycles. The molecule has 0 spiro atoms. The highest BCUT2D eigenvalue weighted by molar-refractivity contribution is 6.30. The molecule has 2 amide bonds. The van der Waals surface area contributed by atoms with E-state index in [9.17, 15) is 14.4 Å². The lowest BCUT2D eigenvalue weighted by atomic mass is 9.99. The maximum Gasteiger partial charge on any atom is 0.329 e. The van der Waals surface area contributed by atoms with Crippen molar-refractivity contribution in [3.63, 3.8) is 0 Å². The van der Waals surface area contributed by atoms with E-state index in [-0.39, 0.29) is 11.8 Å². The Hall–Kier alpha value is -2.60. The van der Waals surface area contributed by atoms with Crippen LogP contribution in [0, 0.1) is 5.92 Å². The standard InChI is InChI=1S/C21H27ClN2O4/c1-5-12-24(13-6-2)18(25)14-28-21(27)19(15(4)7-3)23-20(26)16-8-10-17(22)11-9-16/h5-6,8-11,15,19H,1-2,7,12-14H2,3-4H3,(H,23,26)/t15-,19-/m0/s1. The molecule has 28 heavy (non-hydrogen) atoms. The predicted molar refractivity (Wildman–Crippen MR) is 110 cm³/mol. The van der Waals surface area contributed by atoms with Crippen LogP contribution in [0.25, 0.3) is 0 Å². The van der Waals surface area contributed by atoms with Gasteiger partial charge in [0.2, 0.25) is 0 Å². The molecule has 1 aromatic rings. The minimum atomic E-state index is -0.867. The Balaban J connectivity index is 2.77. The first kappa shape index (κ1) is 23.4. The van der Waals surface area contributed by atoms with E-state index in [0.29, 0.717) is 30.1 Å². The van der Waals surface area contributed by atoms with Gasteiger partial charge >= 0.3 is 5.97 Å². The average Bonchev–Trinajstić information content (AvgIpc) is 2.69. The number of benzene rings is 1. The van der Waals surface area contributed by atoms with Gasteiger partial charge in [0.05, 0.1) is 0 Å². The highest BCUT2D eigenvalue weighted by atomic mass is 35.5. The maximum atomic E-state index is 12.5. The van der Waals surface area contributed by atoms with Gasteiger partial charge in [-0.1, -0.05) is 44.0 Å². The summed E-state index contributed by atoms with van der Waals surface area (Å²) in [4.78, 5) is 38.7. The molecule has 0 fully saturated rings. The molecule has 152 valence electrons. The molecule has 2 atom stereocenters. The van der Waals surface area contributed by atoms with Crippen molar-refractivity contribution in [3.05, 3.63) is 60.2 Å². The molecular weight excluding hydrogens is 380 g/mol. The van der Waals surface area contributed by atoms with Crippen LogP contribution in [-0.2, 0) is 14.3 Å². The Bertz CT molecular complexity index is 693. The number of hydrogen-bond donors (Lipinski definition) is 1. The van der Waals surface area contributed by atoms with Crippen molar-refractivity contribution in [3.8, 4) is 0 Å². The molecule has 1 aromatic carbocycles. The summed E-state index contributed by atoms with van der Waals surface area (Å²) in [6, 6.07) is 5.47. The van der Waals surface area contributed by atoms with Crippen molar-refractivity contribution >= 4 is 29.4 Å². The van der Waals surface area contributed by atoms with Crippen molar-refractivity contribution in [1.29, 1.82) is 0 Å². The minimum absolute atomic E-state index is 0.170. The molecule has 0 unspecified atom stereocenters. The van der Waals surface area contributed by atoms with E-state index >= 15 is 0 Å². The van der Waals surface area contributed by atoms with Crippen LogP contribution < -0.4 is 5.32 Å². The van der Waals surface area contributed by atoms with E-state index < -0.39 is 24.5 Å². The first-order chi connectivity index (χ1) is 13.3. The number of nitrogens with one attached hydrogen (secondary N) is 1. The third-order valence-electron chi connectivity index (χ3n) is 4.25. The van der Waals surface area contributed by atoms with Crippen molar-refractivity contribution in [1.82, 2.24) is 10.2 Å². The van der Waals surface area contributed by atoms with Gasteiger partial charge in [0.1, 0.15) is 6.04 Å². The zero-order valence-corrected chi connectivity index (χ0v) is 17.1. The van der Waals surface area contributed by atoms with Crippen LogP contribution in [0.15, 0.2) is 49.6 Å². The fraction of sp³-hybridized carbons (Fsp3) is 0.381. The molecule has 0 aromatic heterocycles. The van der Waals surface area contributed by atoms with Crippen molar-refractivity contribution in [2.75, 3.05) is 19.7 Å². The van der Waals surface area contributed by atoms with E-state index in [1.165, 1.54) is 4.90 Å². The average molecular weight is 407 g/mol. The van der Waals surface area contributed by atoms with Gasteiger partial charge in [-0.3, -0.25) is 9.59 Å². The van der Waals surface area contributed by atoms with Crippen molar-refractivity contribution < 1.29 is 19.1 Å². The van der Waals surface area contributed by atoms with E-state index in [1.54, 1.807) is 36.4 Å². The molecule has 7 heteroatoms. The predicted octanol–water partition coefficient (Wildman–Crippen LogP) is 3.23. The number of hydrogen-bond acceptors (Lipinski definition) is 4. The Morgan fingerprint density at radius 3 is 2.25 bits per heavy atom. The van der Waals surface area contributed by atoms with Crippen LogP contribution in [0.5, 0.6) is 0 Å². The van der Waals surface area contributed by atoms with Crippen LogP contribution in [-0.4, -0.2) is 48.4 Å². The van der Waals surface area contributed by atoms with Crippen molar-refractivity contribution in [2.24, 2.45) is 5.92 Å². The van der Waals surface area contributed by atoms with Gasteiger partial charge < -0.3 is 15.0 Å². The summed E-state index contributed by atoms with van der Waals surface area (Å²) in [6.07, 6.45) is 3.81. The molecule has 1 N–H and O–H groups in total. The Labute approximate surface area is 171 Å². The van der Waals surface area contributed by atoms with E-state index in [2.05, 4.69) is 18.5 Å². The summed E-state index contributed by atoms with van der Waals surface area (Å²) in [5.74, 6) is -1.59. The van der Waals surface area contributed by atoms with Crippen LogP contribution in [0.4, 0.5) is 0 Å². The Morgan fingerprint density at radius 1 is 1.18 bits per heavy atom. The first-order valence-electron chi connectivity index (χ1n) is 9.06. The first-order valence-corrected chi connectivity index (χ1v) is 9.44. The smallest absolute Gasteiger partial charge is 0.329 e. The van der Waals surface area contributed by atoms with Crippen molar-refractivity contribution in [2.45, 2.75) is 26.3 Å². The lowest BCUT2D eigenvalue weighted by Gasteiger charge is -2.24. The van der Waals surface area contributed by atoms with Crippen LogP contribution in [0.3, 0.4) is 0 Å². The lowest BCUT2D eigenvalue weighted by molar-refractivity contribution is -0.154. The topological polar surface area (TPSA) is 75.7 Å². The van der Waals surface area contributed by atoms with Gasteiger partial charge in [-0.05, 0) is 30.2 Å². The molecule has 0 aliphatic carbocycles. The summed E-state index contributed by atoms with van der Waals surface area (Å²) in [6.45, 7) is 11.2. The molecule has 6 nitrogen and oxygen atoms in total. The van der Waals surface area contributed by atoms with Gasteiger partial charge in [0.15, 0.2) is 6.61 Å². The number of esters is 1. The lowest BCUT2D eigenvalue weighted by Crippen LogP contribution is -2.47. The second-order valence-corrected chi connectivity index (χ2v) is 6.76. The highest BCUT2D eigenvalue weighted by Gasteiger charge is 2.28. The molecule has 0 aliphatic rings. The molecule has 1 rings (SSSR count). The zero-order chi connectivity index (χ0) is 21.1. The number of carbonyl (C=O) groups excluding carboxylic acids is 3. The van der Waals surface area contributed by atoms with Crippen LogP contribution in [0.1, 0.15) is 30.6 Å². The van der Waals surface area contributed by atoms with E-state index in [0.717, 1.165) is 0 Å². The normalized spacial score (nSPS) is 12.4. The third kappa shape index (κ3) is 7.19. The summed E-state index contributed by atoms with van der Waals surface area (Å²) in [7, 11) is 0. The fourth-order valence-electron chi connectivity index (χ4n) is 2.40. The molecule has 0 aliphatic heterocycles. The summed E-state index contributed by atoms with van der Waals surface area (Å²) >= 11 is 5.83. The number of ether oxygens (including phenoxy) is 1. The largest absolute Gasteiger partial charge is 0.454 e. The summed E-state index contributed by atoms with van der Waals surface area (Å²) in [5.41, 5.74) is 0.379. The molecular formula is C21H27ClN2O4. The highest BCUT2D eigenvalue weighted by Crippen LogP contribution is 2.13. The number of amides is 2. The van der Waals surface area contributed by atoms with Crippen LogP contribution >= 0.6 is 11.6 Å². The van der Waals surface area contributed by atoms with Gasteiger partial charge in [-0.15, -0.1) is 13.2 Å². The monoisotopic (exact) mass is 406 g/mol. The zero-order valence-electron chi connectivity index (χ0n) is 16.3. The van der Waals surface area contributed by atoms with Gasteiger partial charge in [0, 0.05) is 23.7 Å². The number of rotatable bonds is 11. The fourth-order valence-corrected chi connectivity index (χ4v) is 2.52. The molecule has 0 bridgehead atoms. The second-order valence-electron chi connectivity index (χ2n) is 6.33. The molecule has 0 saturated heterocycles. The van der Waals surface area contributed by atoms with Gasteiger partial charge in [0.25, 0.3) is 11.8 Å². The molecule has 0 heterocycles. The SMILES string of the molecule is C=CCN(CC=C)C(=O)COC(=O)[C@@H](NC(=O)c1ccc(Cl)cc1)[C@@H](C)CC. The Kier molecular flexibility index (Phi) is 10.0. The number of carbonyl (C=O) groups is 3. The van der Waals surface area contributed by atoms with Gasteiger partial charge in [-0.2, -0.15) is 0 Å². The van der Waals surface area contributed by atoms with E-state index in [1.807, 2.05) is 13.8 Å². The minimum Gasteiger partial charge on any atom is -0.454 e. The Morgan fingerprint density at radius 2 is 1.75 bits per heavy atom. The number of nitrogens with zero attached hydrogens (tertiary/aromatic N) is 1. The maximum absolute atomic E-state index is 12.5. The summed E-state index contributed by atoms with van der Waals surface area (Å²) in [5, 5.41) is 3.20.